The molecule has 2 fully saturated rings. The number of nitrogens with one attached hydrogen (secondary N) is 1. The van der Waals surface area contributed by atoms with Gasteiger partial charge < -0.3 is 14.5 Å². The lowest BCUT2D eigenvalue weighted by molar-refractivity contribution is 0.0786. The zero-order valence-electron chi connectivity index (χ0n) is 15.9. The number of benzene rings is 1. The summed E-state index contributed by atoms with van der Waals surface area (Å²) in [7, 11) is 0. The SMILES string of the molecule is CCOc1ccc(C(=CC2CCOCC2)c2ccc(C3CC3)c(=O)[nH]2)cc1. The molecule has 0 atom stereocenters. The summed E-state index contributed by atoms with van der Waals surface area (Å²) >= 11 is 0. The highest BCUT2D eigenvalue weighted by molar-refractivity contribution is 5.78. The minimum atomic E-state index is 0.0545. The van der Waals surface area contributed by atoms with E-state index in [1.54, 1.807) is 0 Å². The van der Waals surface area contributed by atoms with Crippen LogP contribution in [0.4, 0.5) is 0 Å². The molecule has 0 bridgehead atoms. The van der Waals surface area contributed by atoms with Crippen LogP contribution in [0.5, 0.6) is 5.75 Å². The molecule has 27 heavy (non-hydrogen) atoms. The molecule has 0 amide bonds. The van der Waals surface area contributed by atoms with Gasteiger partial charge in [-0.25, -0.2) is 0 Å². The van der Waals surface area contributed by atoms with Crippen molar-refractivity contribution in [2.24, 2.45) is 5.92 Å². The van der Waals surface area contributed by atoms with Crippen molar-refractivity contribution in [3.63, 3.8) is 0 Å². The van der Waals surface area contributed by atoms with E-state index < -0.39 is 0 Å². The Hall–Kier alpha value is -2.33. The largest absolute Gasteiger partial charge is 0.494 e. The summed E-state index contributed by atoms with van der Waals surface area (Å²) in [5, 5.41) is 0. The van der Waals surface area contributed by atoms with Crippen molar-refractivity contribution in [2.75, 3.05) is 19.8 Å². The van der Waals surface area contributed by atoms with Gasteiger partial charge >= 0.3 is 0 Å². The summed E-state index contributed by atoms with van der Waals surface area (Å²) in [4.78, 5) is 15.7. The maximum absolute atomic E-state index is 12.6. The zero-order valence-corrected chi connectivity index (χ0v) is 15.9. The minimum Gasteiger partial charge on any atom is -0.494 e. The van der Waals surface area contributed by atoms with Gasteiger partial charge in [-0.15, -0.1) is 0 Å². The van der Waals surface area contributed by atoms with Gasteiger partial charge in [-0.1, -0.05) is 24.3 Å². The van der Waals surface area contributed by atoms with Gasteiger partial charge in [0.2, 0.25) is 0 Å². The van der Waals surface area contributed by atoms with Gasteiger partial charge in [-0.05, 0) is 68.2 Å². The van der Waals surface area contributed by atoms with Gasteiger partial charge in [0.25, 0.3) is 5.56 Å². The fraction of sp³-hybridized carbons (Fsp3) is 0.435. The number of aromatic nitrogens is 1. The third-order valence-corrected chi connectivity index (χ3v) is 5.39. The number of H-pyrrole nitrogens is 1. The Labute approximate surface area is 160 Å². The molecule has 1 aromatic heterocycles. The van der Waals surface area contributed by atoms with Crippen LogP contribution in [0.25, 0.3) is 5.57 Å². The monoisotopic (exact) mass is 365 g/mol. The molecule has 142 valence electrons. The van der Waals surface area contributed by atoms with E-state index in [0.717, 1.165) is 67.0 Å². The van der Waals surface area contributed by atoms with Gasteiger partial charge in [0, 0.05) is 30.0 Å². The predicted octanol–water partition coefficient (Wildman–Crippen LogP) is 4.51. The van der Waals surface area contributed by atoms with Crippen molar-refractivity contribution < 1.29 is 9.47 Å². The topological polar surface area (TPSA) is 51.3 Å². The van der Waals surface area contributed by atoms with Crippen LogP contribution in [0, 0.1) is 5.92 Å². The first-order valence-electron chi connectivity index (χ1n) is 10.0. The summed E-state index contributed by atoms with van der Waals surface area (Å²) in [6, 6.07) is 12.2. The van der Waals surface area contributed by atoms with Crippen LogP contribution in [-0.2, 0) is 4.74 Å². The van der Waals surface area contributed by atoms with Crippen LogP contribution in [0.15, 0.2) is 47.3 Å². The fourth-order valence-electron chi connectivity index (χ4n) is 3.71. The summed E-state index contributed by atoms with van der Waals surface area (Å²) in [5.41, 5.74) is 4.05. The van der Waals surface area contributed by atoms with E-state index in [9.17, 15) is 4.79 Å². The minimum absolute atomic E-state index is 0.0545. The molecule has 4 heteroatoms. The Kier molecular flexibility index (Phi) is 5.44. The smallest absolute Gasteiger partial charge is 0.251 e. The zero-order chi connectivity index (χ0) is 18.6. The summed E-state index contributed by atoms with van der Waals surface area (Å²) in [6.45, 7) is 4.24. The summed E-state index contributed by atoms with van der Waals surface area (Å²) in [6.07, 6.45) is 6.61. The van der Waals surface area contributed by atoms with Gasteiger partial charge in [-0.3, -0.25) is 4.79 Å². The molecule has 2 heterocycles. The van der Waals surface area contributed by atoms with E-state index >= 15 is 0 Å². The Morgan fingerprint density at radius 2 is 1.85 bits per heavy atom. The average Bonchev–Trinajstić information content (AvgIpc) is 3.53. The third kappa shape index (κ3) is 4.33. The highest BCUT2D eigenvalue weighted by Gasteiger charge is 2.26. The Bertz CT molecular complexity index is 856. The quantitative estimate of drug-likeness (QED) is 0.819. The molecule has 1 aliphatic heterocycles. The standard InChI is InChI=1S/C23H27NO3/c1-2-27-19-7-5-18(6-8-19)21(15-16-11-13-26-14-12-16)22-10-9-20(17-3-4-17)23(25)24-22/h5-10,15-17H,2-4,11-14H2,1H3,(H,24,25). The highest BCUT2D eigenvalue weighted by Crippen LogP contribution is 2.38. The second-order valence-corrected chi connectivity index (χ2v) is 7.42. The van der Waals surface area contributed by atoms with Crippen molar-refractivity contribution in [2.45, 2.75) is 38.5 Å². The molecule has 0 unspecified atom stereocenters. The molecule has 0 spiro atoms. The van der Waals surface area contributed by atoms with Crippen molar-refractivity contribution in [3.05, 3.63) is 69.6 Å². The van der Waals surface area contributed by atoms with E-state index in [1.165, 1.54) is 0 Å². The predicted molar refractivity (Wildman–Crippen MR) is 107 cm³/mol. The van der Waals surface area contributed by atoms with Crippen LogP contribution in [0.3, 0.4) is 0 Å². The lowest BCUT2D eigenvalue weighted by Crippen LogP contribution is -2.16. The molecule has 4 nitrogen and oxygen atoms in total. The molecule has 2 aromatic rings. The molecule has 1 aromatic carbocycles. The molecular weight excluding hydrogens is 338 g/mol. The third-order valence-electron chi connectivity index (χ3n) is 5.39. The summed E-state index contributed by atoms with van der Waals surface area (Å²) in [5.74, 6) is 1.78. The van der Waals surface area contributed by atoms with Crippen molar-refractivity contribution in [1.82, 2.24) is 4.98 Å². The second kappa shape index (κ2) is 8.13. The number of pyridine rings is 1. The van der Waals surface area contributed by atoms with Crippen LogP contribution in [0.2, 0.25) is 0 Å². The van der Waals surface area contributed by atoms with E-state index in [4.69, 9.17) is 9.47 Å². The first-order chi connectivity index (χ1) is 13.2. The average molecular weight is 365 g/mol. The lowest BCUT2D eigenvalue weighted by atomic mass is 9.92. The number of hydrogen-bond donors (Lipinski definition) is 1. The molecule has 4 rings (SSSR count). The Morgan fingerprint density at radius 3 is 2.48 bits per heavy atom. The molecule has 1 saturated carbocycles. The van der Waals surface area contributed by atoms with Crippen LogP contribution in [-0.4, -0.2) is 24.8 Å². The van der Waals surface area contributed by atoms with E-state index in [-0.39, 0.29) is 5.56 Å². The van der Waals surface area contributed by atoms with Gasteiger partial charge in [0.15, 0.2) is 0 Å². The number of allylic oxidation sites excluding steroid dienone is 1. The lowest BCUT2D eigenvalue weighted by Gasteiger charge is -2.21. The van der Waals surface area contributed by atoms with Crippen molar-refractivity contribution in [1.29, 1.82) is 0 Å². The van der Waals surface area contributed by atoms with Gasteiger partial charge in [0.05, 0.1) is 6.61 Å². The van der Waals surface area contributed by atoms with E-state index in [2.05, 4.69) is 29.3 Å². The second-order valence-electron chi connectivity index (χ2n) is 7.42. The normalized spacial score (nSPS) is 18.5. The van der Waals surface area contributed by atoms with Crippen LogP contribution in [0.1, 0.15) is 55.3 Å². The van der Waals surface area contributed by atoms with Gasteiger partial charge in [-0.2, -0.15) is 0 Å². The molecule has 1 aliphatic carbocycles. The number of ether oxygens (including phenoxy) is 2. The number of rotatable bonds is 6. The van der Waals surface area contributed by atoms with Gasteiger partial charge in [0.1, 0.15) is 5.75 Å². The highest BCUT2D eigenvalue weighted by atomic mass is 16.5. The van der Waals surface area contributed by atoms with Crippen LogP contribution < -0.4 is 10.3 Å². The van der Waals surface area contributed by atoms with Crippen molar-refractivity contribution >= 4 is 5.57 Å². The molecular formula is C23H27NO3. The maximum Gasteiger partial charge on any atom is 0.251 e. The van der Waals surface area contributed by atoms with Crippen molar-refractivity contribution in [3.8, 4) is 5.75 Å². The summed E-state index contributed by atoms with van der Waals surface area (Å²) < 4.78 is 11.1. The van der Waals surface area contributed by atoms with E-state index in [0.29, 0.717) is 18.4 Å². The first kappa shape index (κ1) is 18.1. The first-order valence-corrected chi connectivity index (χ1v) is 10.0. The number of aromatic amines is 1. The molecule has 0 radical (unpaired) electrons. The molecule has 2 aliphatic rings. The number of hydrogen-bond acceptors (Lipinski definition) is 3. The van der Waals surface area contributed by atoms with Crippen LogP contribution >= 0.6 is 0 Å². The molecule has 1 N–H and O–H groups in total. The van der Waals surface area contributed by atoms with E-state index in [1.807, 2.05) is 25.1 Å². The fourth-order valence-corrected chi connectivity index (χ4v) is 3.71. The maximum atomic E-state index is 12.6. The molecule has 1 saturated heterocycles. The Balaban J connectivity index is 1.70. The Morgan fingerprint density at radius 1 is 1.11 bits per heavy atom.